The van der Waals surface area contributed by atoms with Gasteiger partial charge in [-0.1, -0.05) is 11.8 Å². The van der Waals surface area contributed by atoms with E-state index in [-0.39, 0.29) is 28.0 Å². The summed E-state index contributed by atoms with van der Waals surface area (Å²) in [4.78, 5) is 23.9. The van der Waals surface area contributed by atoms with E-state index in [4.69, 9.17) is 10.5 Å². The fourth-order valence-corrected chi connectivity index (χ4v) is 3.46. The van der Waals surface area contributed by atoms with Crippen LogP contribution in [0.4, 0.5) is 18.9 Å². The number of alkyl halides is 2. The quantitative estimate of drug-likeness (QED) is 0.802. The number of aliphatic imine (C=N–C) groups is 1. The number of halogens is 3. The van der Waals surface area contributed by atoms with Crippen LogP contribution in [-0.2, 0) is 5.54 Å². The molecule has 11 heteroatoms. The molecule has 1 amide bonds. The molecule has 0 saturated heterocycles. The standard InChI is InChI=1S/C17H16F3N5O2S/c1-16(17(19,20)8-28-15(21)25-16)10-5-9(3-4-11(10)18)24-14(26)12-6-23-13(27-2)7-22-12/h3-7H,8H2,1-2H3,(H2,21,25)(H,24,26)/t16-/m1/s1. The van der Waals surface area contributed by atoms with E-state index in [0.717, 1.165) is 19.1 Å². The Morgan fingerprint density at radius 1 is 1.32 bits per heavy atom. The number of nitrogens with two attached hydrogens (primary N) is 1. The van der Waals surface area contributed by atoms with Gasteiger partial charge in [0.2, 0.25) is 5.88 Å². The van der Waals surface area contributed by atoms with Gasteiger partial charge in [0.1, 0.15) is 11.5 Å². The molecule has 0 spiro atoms. The third-order valence-electron chi connectivity index (χ3n) is 4.27. The highest BCUT2D eigenvalue weighted by atomic mass is 32.2. The van der Waals surface area contributed by atoms with Crippen molar-refractivity contribution in [3.8, 4) is 5.88 Å². The highest BCUT2D eigenvalue weighted by Gasteiger charge is 2.55. The van der Waals surface area contributed by atoms with Gasteiger partial charge in [-0.05, 0) is 25.1 Å². The molecule has 1 atom stereocenters. The number of hydrogen-bond acceptors (Lipinski definition) is 7. The van der Waals surface area contributed by atoms with Crippen molar-refractivity contribution in [3.05, 3.63) is 47.7 Å². The molecule has 3 N–H and O–H groups in total. The molecule has 3 rings (SSSR count). The van der Waals surface area contributed by atoms with Crippen LogP contribution in [0.15, 0.2) is 35.6 Å². The zero-order valence-electron chi connectivity index (χ0n) is 14.9. The van der Waals surface area contributed by atoms with Gasteiger partial charge >= 0.3 is 0 Å². The Balaban J connectivity index is 1.93. The van der Waals surface area contributed by atoms with Crippen LogP contribution >= 0.6 is 11.8 Å². The summed E-state index contributed by atoms with van der Waals surface area (Å²) in [5.41, 5.74) is 3.09. The number of benzene rings is 1. The number of nitrogens with zero attached hydrogens (tertiary/aromatic N) is 3. The van der Waals surface area contributed by atoms with Gasteiger partial charge in [0.05, 0.1) is 25.3 Å². The molecule has 0 fully saturated rings. The van der Waals surface area contributed by atoms with E-state index in [1.165, 1.54) is 25.6 Å². The Bertz CT molecular complexity index is 939. The predicted molar refractivity (Wildman–Crippen MR) is 99.3 cm³/mol. The number of carbonyl (C=O) groups is 1. The maximum Gasteiger partial charge on any atom is 0.286 e. The fraction of sp³-hybridized carbons (Fsp3) is 0.294. The van der Waals surface area contributed by atoms with E-state index >= 15 is 0 Å². The highest BCUT2D eigenvalue weighted by molar-refractivity contribution is 8.13. The number of rotatable bonds is 4. The summed E-state index contributed by atoms with van der Waals surface area (Å²) in [6.45, 7) is 1.11. The topological polar surface area (TPSA) is 102 Å². The Morgan fingerprint density at radius 3 is 2.71 bits per heavy atom. The summed E-state index contributed by atoms with van der Waals surface area (Å²) in [5.74, 6) is -5.28. The minimum Gasteiger partial charge on any atom is -0.480 e. The van der Waals surface area contributed by atoms with Crippen molar-refractivity contribution in [3.63, 3.8) is 0 Å². The average molecular weight is 411 g/mol. The molecule has 7 nitrogen and oxygen atoms in total. The molecule has 28 heavy (non-hydrogen) atoms. The zero-order chi connectivity index (χ0) is 20.5. The zero-order valence-corrected chi connectivity index (χ0v) is 15.7. The lowest BCUT2D eigenvalue weighted by molar-refractivity contribution is -0.0484. The average Bonchev–Trinajstić information content (AvgIpc) is 2.66. The number of amides is 1. The smallest absolute Gasteiger partial charge is 0.286 e. The van der Waals surface area contributed by atoms with E-state index in [0.29, 0.717) is 11.8 Å². The van der Waals surface area contributed by atoms with Gasteiger partial charge in [-0.2, -0.15) is 0 Å². The van der Waals surface area contributed by atoms with Crippen molar-refractivity contribution in [2.24, 2.45) is 10.7 Å². The molecule has 1 aliphatic heterocycles. The second kappa shape index (κ2) is 7.30. The van der Waals surface area contributed by atoms with Crippen molar-refractivity contribution < 1.29 is 22.7 Å². The monoisotopic (exact) mass is 411 g/mol. The molecular formula is C17H16F3N5O2S. The Hall–Kier alpha value is -2.82. The number of anilines is 1. The third-order valence-corrected chi connectivity index (χ3v) is 5.16. The molecule has 0 bridgehead atoms. The van der Waals surface area contributed by atoms with Crippen LogP contribution in [0.3, 0.4) is 0 Å². The lowest BCUT2D eigenvalue weighted by Gasteiger charge is -2.37. The maximum absolute atomic E-state index is 14.6. The van der Waals surface area contributed by atoms with Crippen LogP contribution in [0.1, 0.15) is 23.0 Å². The van der Waals surface area contributed by atoms with Crippen molar-refractivity contribution in [1.82, 2.24) is 9.97 Å². The number of hydrogen-bond donors (Lipinski definition) is 2. The summed E-state index contributed by atoms with van der Waals surface area (Å²) < 4.78 is 48.4. The summed E-state index contributed by atoms with van der Waals surface area (Å²) in [7, 11) is 1.40. The molecule has 1 aromatic heterocycles. The van der Waals surface area contributed by atoms with Crippen molar-refractivity contribution in [2.45, 2.75) is 18.4 Å². The third kappa shape index (κ3) is 3.61. The maximum atomic E-state index is 14.6. The fourth-order valence-electron chi connectivity index (χ4n) is 2.61. The van der Waals surface area contributed by atoms with Crippen LogP contribution in [0.25, 0.3) is 0 Å². The van der Waals surface area contributed by atoms with Gasteiger partial charge in [-0.25, -0.2) is 28.1 Å². The van der Waals surface area contributed by atoms with Crippen LogP contribution in [0.5, 0.6) is 5.88 Å². The molecule has 0 unspecified atom stereocenters. The molecular weight excluding hydrogens is 395 g/mol. The minimum absolute atomic E-state index is 0.0282. The number of thioether (sulfide) groups is 1. The molecule has 0 radical (unpaired) electrons. The van der Waals surface area contributed by atoms with Crippen LogP contribution in [0, 0.1) is 5.82 Å². The Morgan fingerprint density at radius 2 is 2.07 bits per heavy atom. The first-order valence-corrected chi connectivity index (χ1v) is 8.98. The Labute approximate surface area is 162 Å². The SMILES string of the molecule is COc1cnc(C(=O)Nc2ccc(F)c([C@@]3(C)N=C(N)SCC3(F)F)c2)cn1. The van der Waals surface area contributed by atoms with Crippen LogP contribution in [0.2, 0.25) is 0 Å². The largest absolute Gasteiger partial charge is 0.480 e. The van der Waals surface area contributed by atoms with E-state index in [2.05, 4.69) is 20.3 Å². The van der Waals surface area contributed by atoms with Crippen molar-refractivity contribution in [1.29, 1.82) is 0 Å². The number of aromatic nitrogens is 2. The van der Waals surface area contributed by atoms with Crippen LogP contribution in [-0.4, -0.2) is 39.8 Å². The van der Waals surface area contributed by atoms with E-state index in [1.807, 2.05) is 0 Å². The van der Waals surface area contributed by atoms with Gasteiger partial charge in [0.15, 0.2) is 10.7 Å². The number of amidine groups is 1. The lowest BCUT2D eigenvalue weighted by Crippen LogP contribution is -2.48. The molecule has 2 heterocycles. The van der Waals surface area contributed by atoms with E-state index < -0.39 is 28.9 Å². The second-order valence-corrected chi connectivity index (χ2v) is 7.10. The summed E-state index contributed by atoms with van der Waals surface area (Å²) in [5, 5.41) is 2.42. The van der Waals surface area contributed by atoms with Crippen molar-refractivity contribution in [2.75, 3.05) is 18.2 Å². The molecule has 0 aliphatic carbocycles. The molecule has 148 valence electrons. The molecule has 0 saturated carbocycles. The van der Waals surface area contributed by atoms with E-state index in [9.17, 15) is 18.0 Å². The predicted octanol–water partition coefficient (Wildman–Crippen LogP) is 2.79. The minimum atomic E-state index is -3.34. The Kier molecular flexibility index (Phi) is 5.20. The number of ether oxygens (including phenoxy) is 1. The van der Waals surface area contributed by atoms with Gasteiger partial charge in [0, 0.05) is 11.3 Å². The first-order valence-electron chi connectivity index (χ1n) is 7.99. The van der Waals surface area contributed by atoms with Gasteiger partial charge in [-0.3, -0.25) is 4.79 Å². The normalized spacial score (nSPS) is 21.0. The first-order chi connectivity index (χ1) is 13.2. The number of nitrogens with one attached hydrogen (secondary N) is 1. The first kappa shape index (κ1) is 19.9. The van der Waals surface area contributed by atoms with Crippen molar-refractivity contribution >= 4 is 28.5 Å². The lowest BCUT2D eigenvalue weighted by atomic mass is 9.86. The number of carbonyl (C=O) groups excluding carboxylic acids is 1. The summed E-state index contributed by atoms with van der Waals surface area (Å²) >= 11 is 0.703. The summed E-state index contributed by atoms with van der Waals surface area (Å²) in [6, 6.07) is 3.35. The summed E-state index contributed by atoms with van der Waals surface area (Å²) in [6.07, 6.45) is 2.45. The number of methoxy groups -OCH3 is 1. The highest BCUT2D eigenvalue weighted by Crippen LogP contribution is 2.47. The van der Waals surface area contributed by atoms with Crippen LogP contribution < -0.4 is 15.8 Å². The van der Waals surface area contributed by atoms with Gasteiger partial charge in [0.25, 0.3) is 11.8 Å². The van der Waals surface area contributed by atoms with Gasteiger partial charge < -0.3 is 15.8 Å². The molecule has 2 aromatic rings. The molecule has 1 aliphatic rings. The van der Waals surface area contributed by atoms with Gasteiger partial charge in [-0.15, -0.1) is 0 Å². The molecule has 1 aromatic carbocycles. The second-order valence-electron chi connectivity index (χ2n) is 6.11. The van der Waals surface area contributed by atoms with E-state index in [1.54, 1.807) is 0 Å².